The molecule has 0 aliphatic carbocycles. The summed E-state index contributed by atoms with van der Waals surface area (Å²) < 4.78 is 6.61. The van der Waals surface area contributed by atoms with Crippen LogP contribution in [0.3, 0.4) is 0 Å². The minimum atomic E-state index is -0.546. The van der Waals surface area contributed by atoms with Crippen molar-refractivity contribution in [3.8, 4) is 5.69 Å². The molecule has 1 aliphatic rings. The van der Waals surface area contributed by atoms with Gasteiger partial charge in [0.25, 0.3) is 5.91 Å². The van der Waals surface area contributed by atoms with E-state index in [0.29, 0.717) is 18.7 Å². The molecule has 10 nitrogen and oxygen atoms in total. The van der Waals surface area contributed by atoms with Gasteiger partial charge in [-0.3, -0.25) is 9.59 Å². The summed E-state index contributed by atoms with van der Waals surface area (Å²) in [6.07, 6.45) is 6.40. The molecule has 1 aromatic carbocycles. The molecule has 3 aromatic rings. The molecule has 1 N–H and O–H groups in total. The molecule has 2 aromatic heterocycles. The van der Waals surface area contributed by atoms with E-state index in [1.807, 2.05) is 0 Å². The first-order valence-electron chi connectivity index (χ1n) is 8.56. The second-order valence-corrected chi connectivity index (χ2v) is 6.17. The van der Waals surface area contributed by atoms with Gasteiger partial charge in [0.1, 0.15) is 12.4 Å². The van der Waals surface area contributed by atoms with Crippen LogP contribution >= 0.6 is 0 Å². The molecule has 0 saturated carbocycles. The molecule has 10 heteroatoms. The maximum atomic E-state index is 12.8. The van der Waals surface area contributed by atoms with Crippen molar-refractivity contribution >= 4 is 17.5 Å². The highest BCUT2D eigenvalue weighted by Crippen LogP contribution is 2.21. The number of carbonyl (C=O) groups excluding carboxylic acids is 2. The molecular weight excluding hydrogens is 350 g/mol. The predicted molar refractivity (Wildman–Crippen MR) is 93.0 cm³/mol. The van der Waals surface area contributed by atoms with E-state index in [2.05, 4.69) is 25.8 Å². The van der Waals surface area contributed by atoms with E-state index < -0.39 is 6.04 Å². The molecule has 0 bridgehead atoms. The topological polar surface area (TPSA) is 119 Å². The van der Waals surface area contributed by atoms with E-state index >= 15 is 0 Å². The van der Waals surface area contributed by atoms with Crippen molar-refractivity contribution in [2.24, 2.45) is 0 Å². The van der Waals surface area contributed by atoms with Crippen molar-refractivity contribution in [3.63, 3.8) is 0 Å². The zero-order valence-electron chi connectivity index (χ0n) is 14.4. The Bertz CT molecular complexity index is 907. The van der Waals surface area contributed by atoms with Gasteiger partial charge in [0, 0.05) is 12.2 Å². The lowest BCUT2D eigenvalue weighted by atomic mass is 10.0. The predicted octanol–water partition coefficient (Wildman–Crippen LogP) is 1.28. The van der Waals surface area contributed by atoms with E-state index in [1.165, 1.54) is 23.6 Å². The zero-order chi connectivity index (χ0) is 18.6. The summed E-state index contributed by atoms with van der Waals surface area (Å²) in [5, 5.41) is 13.9. The van der Waals surface area contributed by atoms with Crippen LogP contribution in [-0.4, -0.2) is 54.5 Å². The summed E-state index contributed by atoms with van der Waals surface area (Å²) in [5.41, 5.74) is 1.41. The third-order valence-corrected chi connectivity index (χ3v) is 4.46. The normalized spacial score (nSPS) is 16.9. The van der Waals surface area contributed by atoms with E-state index in [1.54, 1.807) is 29.2 Å². The summed E-state index contributed by atoms with van der Waals surface area (Å²) in [7, 11) is 0. The Morgan fingerprint density at radius 1 is 1.19 bits per heavy atom. The molecule has 3 heterocycles. The minimum Gasteiger partial charge on any atom is -0.438 e. The summed E-state index contributed by atoms with van der Waals surface area (Å²) >= 11 is 0. The Morgan fingerprint density at radius 2 is 2.04 bits per heavy atom. The molecule has 1 saturated heterocycles. The van der Waals surface area contributed by atoms with Crippen LogP contribution in [0.25, 0.3) is 5.69 Å². The summed E-state index contributed by atoms with van der Waals surface area (Å²) in [6, 6.07) is 6.57. The molecule has 27 heavy (non-hydrogen) atoms. The van der Waals surface area contributed by atoms with Gasteiger partial charge >= 0.3 is 0 Å². The van der Waals surface area contributed by atoms with Crippen molar-refractivity contribution in [1.29, 1.82) is 0 Å². The second kappa shape index (κ2) is 7.36. The lowest BCUT2D eigenvalue weighted by Gasteiger charge is -2.34. The van der Waals surface area contributed by atoms with Crippen LogP contribution in [0.4, 0.5) is 5.69 Å². The Labute approximate surface area is 154 Å². The Balaban J connectivity index is 1.46. The summed E-state index contributed by atoms with van der Waals surface area (Å²) in [6.45, 7) is 0.510. The minimum absolute atomic E-state index is 0.139. The number of amides is 2. The average Bonchev–Trinajstić information content (AvgIpc) is 3.42. The lowest BCUT2D eigenvalue weighted by molar-refractivity contribution is -0.121. The van der Waals surface area contributed by atoms with Gasteiger partial charge in [0.15, 0.2) is 6.39 Å². The highest BCUT2D eigenvalue weighted by molar-refractivity contribution is 6.00. The Kier molecular flexibility index (Phi) is 4.60. The van der Waals surface area contributed by atoms with Gasteiger partial charge in [-0.1, -0.05) is 0 Å². The number of carbonyl (C=O) groups is 2. The number of anilines is 1. The fourth-order valence-electron chi connectivity index (χ4n) is 3.11. The van der Waals surface area contributed by atoms with Crippen molar-refractivity contribution < 1.29 is 14.0 Å². The number of likely N-dealkylation sites (tertiary alicyclic amines) is 1. The van der Waals surface area contributed by atoms with Gasteiger partial charge in [0.2, 0.25) is 11.7 Å². The number of rotatable bonds is 4. The fourth-order valence-corrected chi connectivity index (χ4v) is 3.11. The smallest absolute Gasteiger partial charge is 0.291 e. The van der Waals surface area contributed by atoms with Crippen LogP contribution in [0.15, 0.2) is 47.6 Å². The quantitative estimate of drug-likeness (QED) is 0.738. The molecule has 138 valence electrons. The molecule has 1 aliphatic heterocycles. The van der Waals surface area contributed by atoms with Crippen LogP contribution < -0.4 is 5.32 Å². The van der Waals surface area contributed by atoms with Crippen molar-refractivity contribution in [1.82, 2.24) is 30.1 Å². The number of nitrogens with zero attached hydrogens (tertiary/aromatic N) is 6. The first kappa shape index (κ1) is 16.9. The molecule has 1 atom stereocenters. The van der Waals surface area contributed by atoms with E-state index in [4.69, 9.17) is 4.42 Å². The molecule has 2 amide bonds. The number of benzene rings is 1. The summed E-state index contributed by atoms with van der Waals surface area (Å²) in [5.74, 6) is -0.403. The largest absolute Gasteiger partial charge is 0.438 e. The average molecular weight is 367 g/mol. The van der Waals surface area contributed by atoms with Gasteiger partial charge in [-0.2, -0.15) is 0 Å². The third-order valence-electron chi connectivity index (χ3n) is 4.46. The maximum absolute atomic E-state index is 12.8. The van der Waals surface area contributed by atoms with Crippen LogP contribution in [0.5, 0.6) is 0 Å². The van der Waals surface area contributed by atoms with E-state index in [0.717, 1.165) is 18.5 Å². The van der Waals surface area contributed by atoms with Crippen LogP contribution in [0.2, 0.25) is 0 Å². The Hall–Kier alpha value is -3.56. The van der Waals surface area contributed by atoms with Gasteiger partial charge in [-0.05, 0) is 54.0 Å². The zero-order valence-corrected chi connectivity index (χ0v) is 14.4. The lowest BCUT2D eigenvalue weighted by Crippen LogP contribution is -2.49. The first-order valence-corrected chi connectivity index (χ1v) is 8.56. The number of hydrogen-bond acceptors (Lipinski definition) is 7. The van der Waals surface area contributed by atoms with Gasteiger partial charge < -0.3 is 14.6 Å². The molecule has 1 fully saturated rings. The summed E-state index contributed by atoms with van der Waals surface area (Å²) in [4.78, 5) is 30.7. The van der Waals surface area contributed by atoms with Crippen LogP contribution in [-0.2, 0) is 4.79 Å². The van der Waals surface area contributed by atoms with Crippen molar-refractivity contribution in [2.45, 2.75) is 25.3 Å². The second-order valence-electron chi connectivity index (χ2n) is 6.17. The Morgan fingerprint density at radius 3 is 2.74 bits per heavy atom. The number of hydrogen-bond donors (Lipinski definition) is 1. The van der Waals surface area contributed by atoms with E-state index in [9.17, 15) is 9.59 Å². The number of aromatic nitrogens is 5. The number of oxazole rings is 1. The van der Waals surface area contributed by atoms with Crippen molar-refractivity contribution in [2.75, 3.05) is 11.9 Å². The molecule has 0 spiro atoms. The maximum Gasteiger partial charge on any atom is 0.291 e. The standard InChI is InChI=1S/C17H17N7O3/c25-16(20-12-4-6-13(7-5-12)24-10-19-21-22-24)14-3-1-2-8-23(14)17(26)15-9-18-11-27-15/h4-7,9-11,14H,1-3,8H2,(H,20,25). The van der Waals surface area contributed by atoms with Crippen LogP contribution in [0.1, 0.15) is 29.8 Å². The monoisotopic (exact) mass is 367 g/mol. The first-order chi connectivity index (χ1) is 13.2. The molecule has 1 unspecified atom stereocenters. The highest BCUT2D eigenvalue weighted by atomic mass is 16.3. The molecule has 4 rings (SSSR count). The van der Waals surface area contributed by atoms with Crippen molar-refractivity contribution in [3.05, 3.63) is 48.9 Å². The fraction of sp³-hybridized carbons (Fsp3) is 0.294. The van der Waals surface area contributed by atoms with Gasteiger partial charge in [-0.15, -0.1) is 5.10 Å². The van der Waals surface area contributed by atoms with Crippen LogP contribution in [0, 0.1) is 0 Å². The number of tetrazole rings is 1. The van der Waals surface area contributed by atoms with Gasteiger partial charge in [-0.25, -0.2) is 9.67 Å². The van der Waals surface area contributed by atoms with Gasteiger partial charge in [0.05, 0.1) is 11.9 Å². The third kappa shape index (κ3) is 3.54. The number of nitrogens with one attached hydrogen (secondary N) is 1. The molecule has 0 radical (unpaired) electrons. The highest BCUT2D eigenvalue weighted by Gasteiger charge is 2.33. The van der Waals surface area contributed by atoms with E-state index in [-0.39, 0.29) is 17.6 Å². The SMILES string of the molecule is O=C(Nc1ccc(-n2cnnn2)cc1)C1CCCCN1C(=O)c1cnco1. The number of piperidine rings is 1. The molecular formula is C17H17N7O3.